The topological polar surface area (TPSA) is 105 Å². The zero-order chi connectivity index (χ0) is 21.3. The van der Waals surface area contributed by atoms with E-state index in [4.69, 9.17) is 16.0 Å². The van der Waals surface area contributed by atoms with Crippen LogP contribution in [0.25, 0.3) is 11.3 Å². The minimum absolute atomic E-state index is 0.0294. The van der Waals surface area contributed by atoms with Crippen molar-refractivity contribution < 1.29 is 18.8 Å². The van der Waals surface area contributed by atoms with E-state index in [1.165, 1.54) is 0 Å². The molecule has 4 rings (SSSR count). The zero-order valence-corrected chi connectivity index (χ0v) is 17.4. The van der Waals surface area contributed by atoms with E-state index >= 15 is 0 Å². The Bertz CT molecular complexity index is 964. The van der Waals surface area contributed by atoms with E-state index in [0.29, 0.717) is 35.4 Å². The number of benzene rings is 1. The third-order valence-electron chi connectivity index (χ3n) is 5.77. The van der Waals surface area contributed by atoms with Gasteiger partial charge in [-0.05, 0) is 55.9 Å². The molecule has 0 bridgehead atoms. The van der Waals surface area contributed by atoms with Crippen molar-refractivity contribution in [3.8, 4) is 11.3 Å². The van der Waals surface area contributed by atoms with Crippen LogP contribution in [-0.4, -0.2) is 33.4 Å². The van der Waals surface area contributed by atoms with Crippen LogP contribution in [0.15, 0.2) is 34.9 Å². The highest BCUT2D eigenvalue weighted by molar-refractivity contribution is 6.30. The van der Waals surface area contributed by atoms with Crippen molar-refractivity contribution in [2.45, 2.75) is 51.0 Å². The predicted molar refractivity (Wildman–Crippen MR) is 109 cm³/mol. The van der Waals surface area contributed by atoms with Crippen molar-refractivity contribution >= 4 is 29.4 Å². The van der Waals surface area contributed by atoms with Crippen LogP contribution in [0.5, 0.6) is 0 Å². The van der Waals surface area contributed by atoms with Crippen LogP contribution >= 0.6 is 11.6 Å². The molecule has 2 fully saturated rings. The smallest absolute Gasteiger partial charge is 0.344 e. The Kier molecular flexibility index (Phi) is 5.51. The standard InChI is InChI=1S/C21H23ClN4O4/c1-13-8-10-21(11-9-13)19(28)26(20(29)24-21)25-17(27)6-7-18-23-12-16(30-18)14-2-4-15(22)5-3-14/h2-5,12-13H,6-11H2,1H3,(H,24,29)(H,25,27). The molecule has 30 heavy (non-hydrogen) atoms. The fraction of sp³-hybridized carbons (Fsp3) is 0.429. The number of halogens is 1. The number of rotatable bonds is 5. The molecule has 158 valence electrons. The summed E-state index contributed by atoms with van der Waals surface area (Å²) in [6.07, 6.45) is 4.78. The SMILES string of the molecule is CC1CCC2(CC1)NC(=O)N(NC(=O)CCc1ncc(-c3ccc(Cl)cc3)o1)C2=O. The van der Waals surface area contributed by atoms with Crippen LogP contribution in [0.2, 0.25) is 5.02 Å². The second-order valence-corrected chi connectivity index (χ2v) is 8.43. The molecule has 4 amide bonds. The van der Waals surface area contributed by atoms with Gasteiger partial charge in [-0.1, -0.05) is 18.5 Å². The van der Waals surface area contributed by atoms with Gasteiger partial charge in [-0.2, -0.15) is 5.01 Å². The van der Waals surface area contributed by atoms with Crippen LogP contribution in [0.3, 0.4) is 0 Å². The molecule has 9 heteroatoms. The Hall–Kier alpha value is -2.87. The van der Waals surface area contributed by atoms with Crippen molar-refractivity contribution in [1.82, 2.24) is 20.7 Å². The number of carbonyl (C=O) groups is 3. The number of nitrogens with one attached hydrogen (secondary N) is 2. The number of amides is 4. The molecule has 2 aliphatic rings. The highest BCUT2D eigenvalue weighted by Crippen LogP contribution is 2.35. The van der Waals surface area contributed by atoms with Gasteiger partial charge in [-0.3, -0.25) is 15.0 Å². The number of hydrazine groups is 1. The van der Waals surface area contributed by atoms with Gasteiger partial charge in [0.25, 0.3) is 5.91 Å². The number of hydrogen-bond donors (Lipinski definition) is 2. The Morgan fingerprint density at radius 3 is 2.70 bits per heavy atom. The summed E-state index contributed by atoms with van der Waals surface area (Å²) in [7, 11) is 0. The molecule has 1 aromatic carbocycles. The quantitative estimate of drug-likeness (QED) is 0.707. The summed E-state index contributed by atoms with van der Waals surface area (Å²) < 4.78 is 5.68. The molecule has 1 saturated carbocycles. The van der Waals surface area contributed by atoms with Gasteiger partial charge in [-0.25, -0.2) is 9.78 Å². The van der Waals surface area contributed by atoms with Gasteiger partial charge >= 0.3 is 6.03 Å². The molecule has 0 unspecified atom stereocenters. The minimum atomic E-state index is -0.882. The molecule has 1 aliphatic carbocycles. The largest absolute Gasteiger partial charge is 0.441 e. The van der Waals surface area contributed by atoms with Crippen molar-refractivity contribution in [1.29, 1.82) is 0 Å². The summed E-state index contributed by atoms with van der Waals surface area (Å²) in [5.41, 5.74) is 2.37. The fourth-order valence-corrected chi connectivity index (χ4v) is 4.02. The van der Waals surface area contributed by atoms with Gasteiger partial charge in [0.1, 0.15) is 5.54 Å². The van der Waals surface area contributed by atoms with E-state index in [0.717, 1.165) is 23.4 Å². The molecule has 1 spiro atoms. The van der Waals surface area contributed by atoms with E-state index in [9.17, 15) is 14.4 Å². The number of aryl methyl sites for hydroxylation is 1. The molecule has 2 heterocycles. The lowest BCUT2D eigenvalue weighted by atomic mass is 9.77. The van der Waals surface area contributed by atoms with E-state index in [1.807, 2.05) is 12.1 Å². The van der Waals surface area contributed by atoms with Gasteiger partial charge in [0.2, 0.25) is 5.91 Å². The zero-order valence-electron chi connectivity index (χ0n) is 16.6. The van der Waals surface area contributed by atoms with E-state index in [-0.39, 0.29) is 18.7 Å². The second kappa shape index (κ2) is 8.10. The maximum Gasteiger partial charge on any atom is 0.344 e. The first kappa shape index (κ1) is 20.4. The molecule has 1 aromatic heterocycles. The molecule has 1 aliphatic heterocycles. The molecular weight excluding hydrogens is 408 g/mol. The fourth-order valence-electron chi connectivity index (χ4n) is 3.89. The lowest BCUT2D eigenvalue weighted by Crippen LogP contribution is -2.51. The van der Waals surface area contributed by atoms with E-state index in [2.05, 4.69) is 22.7 Å². The third kappa shape index (κ3) is 4.05. The summed E-state index contributed by atoms with van der Waals surface area (Å²) in [6.45, 7) is 2.13. The van der Waals surface area contributed by atoms with Gasteiger partial charge in [0.15, 0.2) is 11.7 Å². The molecule has 0 atom stereocenters. The number of carbonyl (C=O) groups excluding carboxylic acids is 3. The lowest BCUT2D eigenvalue weighted by Gasteiger charge is -2.33. The number of nitrogens with zero attached hydrogens (tertiary/aromatic N) is 2. The summed E-state index contributed by atoms with van der Waals surface area (Å²) in [6, 6.07) is 6.57. The van der Waals surface area contributed by atoms with Crippen molar-refractivity contribution in [2.75, 3.05) is 0 Å². The molecule has 2 aromatic rings. The number of aromatic nitrogens is 1. The van der Waals surface area contributed by atoms with Crippen molar-refractivity contribution in [3.05, 3.63) is 41.4 Å². The van der Waals surface area contributed by atoms with Crippen LogP contribution in [0.1, 0.15) is 44.9 Å². The highest BCUT2D eigenvalue weighted by Gasteiger charge is 2.52. The molecule has 1 saturated heterocycles. The first-order valence-electron chi connectivity index (χ1n) is 10.0. The number of imide groups is 1. The predicted octanol–water partition coefficient (Wildman–Crippen LogP) is 3.46. The monoisotopic (exact) mass is 430 g/mol. The number of hydrogen-bond acceptors (Lipinski definition) is 5. The van der Waals surface area contributed by atoms with Gasteiger partial charge in [0.05, 0.1) is 6.20 Å². The van der Waals surface area contributed by atoms with Gasteiger partial charge < -0.3 is 9.73 Å². The van der Waals surface area contributed by atoms with Gasteiger partial charge in [0, 0.05) is 23.4 Å². The summed E-state index contributed by atoms with van der Waals surface area (Å²) in [5.74, 6) is 0.664. The highest BCUT2D eigenvalue weighted by atomic mass is 35.5. The average molecular weight is 431 g/mol. The Balaban J connectivity index is 1.32. The van der Waals surface area contributed by atoms with Crippen molar-refractivity contribution in [2.24, 2.45) is 5.92 Å². The maximum atomic E-state index is 12.8. The summed E-state index contributed by atoms with van der Waals surface area (Å²) in [4.78, 5) is 41.6. The molecule has 8 nitrogen and oxygen atoms in total. The first-order chi connectivity index (χ1) is 14.4. The van der Waals surface area contributed by atoms with E-state index in [1.54, 1.807) is 18.3 Å². The lowest BCUT2D eigenvalue weighted by molar-refractivity contribution is -0.140. The summed E-state index contributed by atoms with van der Waals surface area (Å²) in [5, 5.41) is 4.21. The van der Waals surface area contributed by atoms with Crippen LogP contribution < -0.4 is 10.7 Å². The van der Waals surface area contributed by atoms with E-state index < -0.39 is 17.5 Å². The summed E-state index contributed by atoms with van der Waals surface area (Å²) >= 11 is 5.89. The van der Waals surface area contributed by atoms with Crippen LogP contribution in [0.4, 0.5) is 4.79 Å². The van der Waals surface area contributed by atoms with Crippen LogP contribution in [-0.2, 0) is 16.0 Å². The van der Waals surface area contributed by atoms with Crippen molar-refractivity contribution in [3.63, 3.8) is 0 Å². The maximum absolute atomic E-state index is 12.8. The normalized spacial score (nSPS) is 23.7. The Labute approximate surface area is 178 Å². The van der Waals surface area contributed by atoms with Gasteiger partial charge in [-0.15, -0.1) is 0 Å². The molecule has 2 N–H and O–H groups in total. The molecular formula is C21H23ClN4O4. The minimum Gasteiger partial charge on any atom is -0.441 e. The van der Waals surface area contributed by atoms with Crippen LogP contribution in [0, 0.1) is 5.92 Å². The average Bonchev–Trinajstić information content (AvgIpc) is 3.29. The number of urea groups is 1. The third-order valence-corrected chi connectivity index (χ3v) is 6.03. The molecule has 0 radical (unpaired) electrons. The Morgan fingerprint density at radius 2 is 2.00 bits per heavy atom. The number of oxazole rings is 1. The second-order valence-electron chi connectivity index (χ2n) is 8.00. The first-order valence-corrected chi connectivity index (χ1v) is 10.4. The Morgan fingerprint density at radius 1 is 1.30 bits per heavy atom.